The molecule has 3 nitrogen and oxygen atoms in total. The van der Waals surface area contributed by atoms with Crippen LogP contribution in [0.4, 0.5) is 0 Å². The molecule has 100 valence electrons. The molecular formula is C15H12ClN3S. The summed E-state index contributed by atoms with van der Waals surface area (Å²) in [5.74, 6) is 0.784. The monoisotopic (exact) mass is 301 g/mol. The fourth-order valence-corrected chi connectivity index (χ4v) is 2.51. The summed E-state index contributed by atoms with van der Waals surface area (Å²) in [6.45, 7) is 0. The fraction of sp³-hybridized carbons (Fsp3) is 0.0667. The van der Waals surface area contributed by atoms with Crippen molar-refractivity contribution in [1.82, 2.24) is 14.3 Å². The van der Waals surface area contributed by atoms with Gasteiger partial charge in [-0.05, 0) is 36.5 Å². The molecule has 0 radical (unpaired) electrons. The molecule has 0 fully saturated rings. The number of rotatable bonds is 2. The SMILES string of the molecule is Cn1nc(-c2cccc(Cl)c2)n(-c2ccccc2)c1=S. The van der Waals surface area contributed by atoms with Crippen LogP contribution >= 0.6 is 23.8 Å². The number of hydrogen-bond acceptors (Lipinski definition) is 2. The van der Waals surface area contributed by atoms with Crippen LogP contribution in [0.5, 0.6) is 0 Å². The highest BCUT2D eigenvalue weighted by atomic mass is 35.5. The molecule has 0 unspecified atom stereocenters. The number of nitrogens with zero attached hydrogens (tertiary/aromatic N) is 3. The zero-order valence-electron chi connectivity index (χ0n) is 10.8. The fourth-order valence-electron chi connectivity index (χ4n) is 2.09. The third kappa shape index (κ3) is 2.28. The van der Waals surface area contributed by atoms with Crippen molar-refractivity contribution in [1.29, 1.82) is 0 Å². The molecule has 0 spiro atoms. The van der Waals surface area contributed by atoms with Gasteiger partial charge in [0.2, 0.25) is 4.77 Å². The van der Waals surface area contributed by atoms with Crippen LogP contribution in [0, 0.1) is 4.77 Å². The van der Waals surface area contributed by atoms with Crippen molar-refractivity contribution in [3.8, 4) is 17.1 Å². The zero-order valence-corrected chi connectivity index (χ0v) is 12.4. The third-order valence-corrected chi connectivity index (χ3v) is 3.70. The Bertz CT molecular complexity index is 805. The number of para-hydroxylation sites is 1. The molecule has 0 saturated heterocycles. The predicted octanol–water partition coefficient (Wildman–Crippen LogP) is 4.26. The molecule has 2 aromatic carbocycles. The summed E-state index contributed by atoms with van der Waals surface area (Å²) in [5.41, 5.74) is 1.92. The highest BCUT2D eigenvalue weighted by molar-refractivity contribution is 7.71. The summed E-state index contributed by atoms with van der Waals surface area (Å²) in [6, 6.07) is 17.6. The van der Waals surface area contributed by atoms with Crippen LogP contribution in [0.2, 0.25) is 5.02 Å². The van der Waals surface area contributed by atoms with Gasteiger partial charge in [-0.25, -0.2) is 4.68 Å². The van der Waals surface area contributed by atoms with Crippen molar-refractivity contribution in [2.45, 2.75) is 0 Å². The van der Waals surface area contributed by atoms with Crippen LogP contribution in [0.25, 0.3) is 17.1 Å². The summed E-state index contributed by atoms with van der Waals surface area (Å²) in [6.07, 6.45) is 0. The lowest BCUT2D eigenvalue weighted by atomic mass is 10.2. The van der Waals surface area contributed by atoms with Crippen LogP contribution in [0.1, 0.15) is 0 Å². The first-order chi connectivity index (χ1) is 9.66. The number of aryl methyl sites for hydroxylation is 1. The molecular weight excluding hydrogens is 290 g/mol. The van der Waals surface area contributed by atoms with E-state index < -0.39 is 0 Å². The van der Waals surface area contributed by atoms with Gasteiger partial charge in [0, 0.05) is 23.3 Å². The van der Waals surface area contributed by atoms with Crippen molar-refractivity contribution in [2.24, 2.45) is 7.05 Å². The second-order valence-corrected chi connectivity index (χ2v) is 5.21. The molecule has 3 aromatic rings. The Labute approximate surface area is 127 Å². The Kier molecular flexibility index (Phi) is 3.42. The van der Waals surface area contributed by atoms with Crippen LogP contribution in [0.15, 0.2) is 54.6 Å². The van der Waals surface area contributed by atoms with E-state index in [0.29, 0.717) is 9.79 Å². The second-order valence-electron chi connectivity index (χ2n) is 4.41. The summed E-state index contributed by atoms with van der Waals surface area (Å²) in [7, 11) is 1.84. The largest absolute Gasteiger partial charge is 0.268 e. The first-order valence-electron chi connectivity index (χ1n) is 6.14. The van der Waals surface area contributed by atoms with Gasteiger partial charge in [-0.2, -0.15) is 5.10 Å². The summed E-state index contributed by atoms with van der Waals surface area (Å²) >= 11 is 11.5. The van der Waals surface area contributed by atoms with E-state index in [0.717, 1.165) is 17.1 Å². The normalized spacial score (nSPS) is 10.7. The van der Waals surface area contributed by atoms with Crippen molar-refractivity contribution in [3.63, 3.8) is 0 Å². The highest BCUT2D eigenvalue weighted by Gasteiger charge is 2.12. The minimum absolute atomic E-state index is 0.645. The molecule has 1 aromatic heterocycles. The zero-order chi connectivity index (χ0) is 14.1. The maximum Gasteiger partial charge on any atom is 0.202 e. The molecule has 5 heteroatoms. The van der Waals surface area contributed by atoms with E-state index in [4.69, 9.17) is 23.8 Å². The van der Waals surface area contributed by atoms with Crippen LogP contribution < -0.4 is 0 Å². The van der Waals surface area contributed by atoms with Gasteiger partial charge in [-0.15, -0.1) is 0 Å². The van der Waals surface area contributed by atoms with Gasteiger partial charge in [0.25, 0.3) is 0 Å². The maximum atomic E-state index is 6.07. The molecule has 0 aliphatic heterocycles. The van der Waals surface area contributed by atoms with Crippen molar-refractivity contribution in [3.05, 3.63) is 64.4 Å². The number of aromatic nitrogens is 3. The van der Waals surface area contributed by atoms with E-state index in [1.807, 2.05) is 66.2 Å². The Morgan fingerprint density at radius 1 is 1.05 bits per heavy atom. The molecule has 0 atom stereocenters. The molecule has 1 heterocycles. The first kappa shape index (κ1) is 13.1. The number of benzene rings is 2. The van der Waals surface area contributed by atoms with E-state index in [-0.39, 0.29) is 0 Å². The molecule has 0 saturated carbocycles. The van der Waals surface area contributed by atoms with E-state index >= 15 is 0 Å². The quantitative estimate of drug-likeness (QED) is 0.660. The van der Waals surface area contributed by atoms with Gasteiger partial charge in [0.05, 0.1) is 0 Å². The third-order valence-electron chi connectivity index (χ3n) is 3.02. The molecule has 0 bridgehead atoms. The average Bonchev–Trinajstić information content (AvgIpc) is 2.76. The minimum Gasteiger partial charge on any atom is -0.268 e. The van der Waals surface area contributed by atoms with Gasteiger partial charge in [0.15, 0.2) is 5.82 Å². The Balaban J connectivity index is 2.28. The van der Waals surface area contributed by atoms with E-state index in [1.165, 1.54) is 0 Å². The van der Waals surface area contributed by atoms with Gasteiger partial charge in [-0.1, -0.05) is 41.9 Å². The van der Waals surface area contributed by atoms with Crippen LogP contribution in [-0.2, 0) is 7.05 Å². The van der Waals surface area contributed by atoms with E-state index in [1.54, 1.807) is 4.68 Å². The molecule has 0 aliphatic carbocycles. The number of hydrogen-bond donors (Lipinski definition) is 0. The lowest BCUT2D eigenvalue weighted by molar-refractivity contribution is 0.750. The topological polar surface area (TPSA) is 22.8 Å². The predicted molar refractivity (Wildman–Crippen MR) is 83.8 cm³/mol. The average molecular weight is 302 g/mol. The van der Waals surface area contributed by atoms with Gasteiger partial charge < -0.3 is 0 Å². The Morgan fingerprint density at radius 2 is 1.80 bits per heavy atom. The van der Waals surface area contributed by atoms with Gasteiger partial charge in [0.1, 0.15) is 0 Å². The first-order valence-corrected chi connectivity index (χ1v) is 6.93. The summed E-state index contributed by atoms with van der Waals surface area (Å²) in [4.78, 5) is 0. The van der Waals surface area contributed by atoms with Crippen molar-refractivity contribution >= 4 is 23.8 Å². The van der Waals surface area contributed by atoms with E-state index in [2.05, 4.69) is 5.10 Å². The van der Waals surface area contributed by atoms with E-state index in [9.17, 15) is 0 Å². The van der Waals surface area contributed by atoms with Crippen LogP contribution in [-0.4, -0.2) is 14.3 Å². The lowest BCUT2D eigenvalue weighted by Crippen LogP contribution is -1.97. The molecule has 0 aliphatic rings. The second kappa shape index (κ2) is 5.23. The molecule has 20 heavy (non-hydrogen) atoms. The van der Waals surface area contributed by atoms with Crippen molar-refractivity contribution < 1.29 is 0 Å². The lowest BCUT2D eigenvalue weighted by Gasteiger charge is -2.06. The van der Waals surface area contributed by atoms with Gasteiger partial charge >= 0.3 is 0 Å². The molecule has 3 rings (SSSR count). The smallest absolute Gasteiger partial charge is 0.202 e. The minimum atomic E-state index is 0.645. The standard InChI is InChI=1S/C15H12ClN3S/c1-18-15(20)19(13-8-3-2-4-9-13)14(17-18)11-6-5-7-12(16)10-11/h2-10H,1H3. The summed E-state index contributed by atoms with van der Waals surface area (Å²) in [5, 5.41) is 5.19. The molecule has 0 N–H and O–H groups in total. The number of halogens is 1. The maximum absolute atomic E-state index is 6.07. The van der Waals surface area contributed by atoms with Crippen molar-refractivity contribution in [2.75, 3.05) is 0 Å². The van der Waals surface area contributed by atoms with Crippen LogP contribution in [0.3, 0.4) is 0 Å². The Hall–Kier alpha value is -1.91. The van der Waals surface area contributed by atoms with Gasteiger partial charge in [-0.3, -0.25) is 4.57 Å². The highest BCUT2D eigenvalue weighted by Crippen LogP contribution is 2.24. The summed E-state index contributed by atoms with van der Waals surface area (Å²) < 4.78 is 4.28. The Morgan fingerprint density at radius 3 is 2.50 bits per heavy atom. The molecule has 0 amide bonds.